The predicted octanol–water partition coefficient (Wildman–Crippen LogP) is 2.26. The van der Waals surface area contributed by atoms with E-state index in [-0.39, 0.29) is 11.3 Å². The van der Waals surface area contributed by atoms with E-state index in [4.69, 9.17) is 10.4 Å². The van der Waals surface area contributed by atoms with E-state index in [1.165, 1.54) is 12.1 Å². The van der Waals surface area contributed by atoms with Crippen LogP contribution in [0.1, 0.15) is 29.5 Å². The molecule has 4 heteroatoms. The highest BCUT2D eigenvalue weighted by atomic mass is 16.4. The molecule has 0 saturated heterocycles. The van der Waals surface area contributed by atoms with Gasteiger partial charge in [0, 0.05) is 0 Å². The van der Waals surface area contributed by atoms with Crippen LogP contribution in [0.25, 0.3) is 6.08 Å². The molecule has 1 aliphatic rings. The van der Waals surface area contributed by atoms with Crippen LogP contribution < -0.4 is 0 Å². The fraction of sp³-hybridized carbons (Fsp3) is 0.286. The Morgan fingerprint density at radius 3 is 2.72 bits per heavy atom. The molecule has 4 nitrogen and oxygen atoms in total. The van der Waals surface area contributed by atoms with E-state index in [0.717, 1.165) is 36.8 Å². The van der Waals surface area contributed by atoms with Crippen molar-refractivity contribution in [3.05, 3.63) is 34.4 Å². The summed E-state index contributed by atoms with van der Waals surface area (Å²) in [6.07, 6.45) is 5.21. The first-order valence-corrected chi connectivity index (χ1v) is 5.81. The number of benzene rings is 1. The van der Waals surface area contributed by atoms with Crippen LogP contribution in [0, 0.1) is 11.3 Å². The Bertz CT molecular complexity index is 567. The minimum absolute atomic E-state index is 0.115. The van der Waals surface area contributed by atoms with Crippen LogP contribution in [0.15, 0.2) is 17.7 Å². The van der Waals surface area contributed by atoms with Gasteiger partial charge in [-0.15, -0.1) is 0 Å². The number of carbonyl (C=O) groups is 1. The molecular weight excluding hydrogens is 230 g/mol. The maximum Gasteiger partial charge on any atom is 0.346 e. The molecule has 0 atom stereocenters. The van der Waals surface area contributed by atoms with Gasteiger partial charge < -0.3 is 10.2 Å². The molecule has 0 aromatic heterocycles. The highest BCUT2D eigenvalue weighted by molar-refractivity contribution is 5.96. The number of hydrogen-bond acceptors (Lipinski definition) is 3. The number of aliphatic carboxylic acids is 1. The van der Waals surface area contributed by atoms with Crippen molar-refractivity contribution in [2.45, 2.75) is 25.7 Å². The lowest BCUT2D eigenvalue weighted by molar-refractivity contribution is -0.132. The molecule has 0 heterocycles. The number of phenolic OH excluding ortho intramolecular Hbond substituents is 1. The predicted molar refractivity (Wildman–Crippen MR) is 66.0 cm³/mol. The van der Waals surface area contributed by atoms with Crippen LogP contribution in [-0.2, 0) is 17.6 Å². The van der Waals surface area contributed by atoms with E-state index >= 15 is 0 Å². The standard InChI is InChI=1S/C14H13NO3/c15-8-11(14(17)18)5-10-7-12(16)6-9-3-1-2-4-13(9)10/h5-7,16H,1-4H2,(H,17,18)/b11-5-. The van der Waals surface area contributed by atoms with Crippen molar-refractivity contribution in [3.8, 4) is 11.8 Å². The van der Waals surface area contributed by atoms with Crippen molar-refractivity contribution < 1.29 is 15.0 Å². The van der Waals surface area contributed by atoms with Gasteiger partial charge in [0.1, 0.15) is 17.4 Å². The third kappa shape index (κ3) is 2.35. The van der Waals surface area contributed by atoms with E-state index in [1.54, 1.807) is 12.1 Å². The van der Waals surface area contributed by atoms with E-state index in [1.807, 2.05) is 0 Å². The van der Waals surface area contributed by atoms with Gasteiger partial charge in [-0.3, -0.25) is 0 Å². The lowest BCUT2D eigenvalue weighted by atomic mass is 9.87. The molecule has 0 radical (unpaired) electrons. The number of rotatable bonds is 2. The molecule has 1 aromatic carbocycles. The molecule has 1 aliphatic carbocycles. The Morgan fingerprint density at radius 1 is 1.33 bits per heavy atom. The van der Waals surface area contributed by atoms with Gasteiger partial charge in [0.25, 0.3) is 0 Å². The summed E-state index contributed by atoms with van der Waals surface area (Å²) >= 11 is 0. The van der Waals surface area contributed by atoms with Crippen molar-refractivity contribution in [2.24, 2.45) is 0 Å². The second-order valence-electron chi connectivity index (χ2n) is 4.35. The van der Waals surface area contributed by atoms with E-state index in [2.05, 4.69) is 0 Å². The molecule has 18 heavy (non-hydrogen) atoms. The Hall–Kier alpha value is -2.28. The zero-order chi connectivity index (χ0) is 13.1. The number of aromatic hydroxyl groups is 1. The molecule has 92 valence electrons. The average molecular weight is 243 g/mol. The molecule has 0 amide bonds. The molecular formula is C14H13NO3. The smallest absolute Gasteiger partial charge is 0.346 e. The van der Waals surface area contributed by atoms with Crippen molar-refractivity contribution in [3.63, 3.8) is 0 Å². The number of phenols is 1. The Kier molecular flexibility index (Phi) is 3.33. The average Bonchev–Trinajstić information content (AvgIpc) is 2.35. The highest BCUT2D eigenvalue weighted by Gasteiger charge is 2.15. The summed E-state index contributed by atoms with van der Waals surface area (Å²) in [7, 11) is 0. The monoisotopic (exact) mass is 243 g/mol. The van der Waals surface area contributed by atoms with E-state index in [9.17, 15) is 9.90 Å². The number of carboxylic acid groups (broad SMARTS) is 1. The minimum Gasteiger partial charge on any atom is -0.508 e. The fourth-order valence-electron chi connectivity index (χ4n) is 2.31. The molecule has 0 saturated carbocycles. The molecule has 0 spiro atoms. The molecule has 0 aliphatic heterocycles. The summed E-state index contributed by atoms with van der Waals surface area (Å²) in [6.45, 7) is 0. The van der Waals surface area contributed by atoms with Gasteiger partial charge in [-0.05, 0) is 60.6 Å². The SMILES string of the molecule is N#C/C(=C/c1cc(O)cc2c1CCCC2)C(=O)O. The highest BCUT2D eigenvalue weighted by Crippen LogP contribution is 2.30. The second-order valence-corrected chi connectivity index (χ2v) is 4.35. The molecule has 0 unspecified atom stereocenters. The van der Waals surface area contributed by atoms with Gasteiger partial charge in [0.15, 0.2) is 0 Å². The lowest BCUT2D eigenvalue weighted by Gasteiger charge is -2.18. The first-order valence-electron chi connectivity index (χ1n) is 5.81. The zero-order valence-corrected chi connectivity index (χ0v) is 9.81. The molecule has 0 bridgehead atoms. The van der Waals surface area contributed by atoms with E-state index in [0.29, 0.717) is 5.56 Å². The minimum atomic E-state index is -1.24. The van der Waals surface area contributed by atoms with Crippen molar-refractivity contribution in [2.75, 3.05) is 0 Å². The van der Waals surface area contributed by atoms with Gasteiger partial charge >= 0.3 is 5.97 Å². The van der Waals surface area contributed by atoms with Crippen molar-refractivity contribution >= 4 is 12.0 Å². The first-order chi connectivity index (χ1) is 8.61. The summed E-state index contributed by atoms with van der Waals surface area (Å²) in [5.74, 6) is -1.13. The Balaban J connectivity index is 2.54. The quantitative estimate of drug-likeness (QED) is 0.616. The third-order valence-electron chi connectivity index (χ3n) is 3.14. The summed E-state index contributed by atoms with van der Waals surface area (Å²) in [5.41, 5.74) is 2.43. The van der Waals surface area contributed by atoms with Gasteiger partial charge in [0.2, 0.25) is 0 Å². The number of nitriles is 1. The van der Waals surface area contributed by atoms with Crippen LogP contribution in [0.3, 0.4) is 0 Å². The summed E-state index contributed by atoms with van der Waals surface area (Å²) < 4.78 is 0. The van der Waals surface area contributed by atoms with E-state index < -0.39 is 5.97 Å². The zero-order valence-electron chi connectivity index (χ0n) is 9.81. The number of hydrogen-bond donors (Lipinski definition) is 2. The van der Waals surface area contributed by atoms with Gasteiger partial charge in [-0.25, -0.2) is 4.79 Å². The number of fused-ring (bicyclic) bond motifs is 1. The third-order valence-corrected chi connectivity index (χ3v) is 3.14. The summed E-state index contributed by atoms with van der Waals surface area (Å²) in [6, 6.07) is 4.90. The van der Waals surface area contributed by atoms with Crippen LogP contribution in [0.4, 0.5) is 0 Å². The Labute approximate surface area is 105 Å². The summed E-state index contributed by atoms with van der Waals surface area (Å²) in [5, 5.41) is 27.3. The fourth-order valence-corrected chi connectivity index (χ4v) is 2.31. The first kappa shape index (κ1) is 12.2. The molecule has 0 fully saturated rings. The van der Waals surface area contributed by atoms with Crippen LogP contribution >= 0.6 is 0 Å². The van der Waals surface area contributed by atoms with Gasteiger partial charge in [-0.1, -0.05) is 0 Å². The van der Waals surface area contributed by atoms with Crippen LogP contribution in [-0.4, -0.2) is 16.2 Å². The molecule has 2 rings (SSSR count). The number of aryl methyl sites for hydroxylation is 1. The maximum atomic E-state index is 10.8. The second kappa shape index (κ2) is 4.92. The normalized spacial score (nSPS) is 14.7. The van der Waals surface area contributed by atoms with Gasteiger partial charge in [-0.2, -0.15) is 5.26 Å². The van der Waals surface area contributed by atoms with Crippen molar-refractivity contribution in [1.82, 2.24) is 0 Å². The largest absolute Gasteiger partial charge is 0.508 e. The summed E-state index contributed by atoms with van der Waals surface area (Å²) in [4.78, 5) is 10.8. The molecule has 1 aromatic rings. The Morgan fingerprint density at radius 2 is 2.06 bits per heavy atom. The topological polar surface area (TPSA) is 81.3 Å². The number of carboxylic acids is 1. The maximum absolute atomic E-state index is 10.8. The number of nitrogens with zero attached hydrogens (tertiary/aromatic N) is 1. The van der Waals surface area contributed by atoms with Crippen LogP contribution in [0.5, 0.6) is 5.75 Å². The lowest BCUT2D eigenvalue weighted by Crippen LogP contribution is -2.05. The van der Waals surface area contributed by atoms with Gasteiger partial charge in [0.05, 0.1) is 0 Å². The van der Waals surface area contributed by atoms with Crippen LogP contribution in [0.2, 0.25) is 0 Å². The molecule has 2 N–H and O–H groups in total. The van der Waals surface area contributed by atoms with Crippen molar-refractivity contribution in [1.29, 1.82) is 5.26 Å².